The van der Waals surface area contributed by atoms with E-state index in [0.29, 0.717) is 16.8 Å². The molecule has 0 fully saturated rings. The summed E-state index contributed by atoms with van der Waals surface area (Å²) in [6.07, 6.45) is 0. The van der Waals surface area contributed by atoms with Gasteiger partial charge in [-0.25, -0.2) is 0 Å². The molecule has 0 unspecified atom stereocenters. The van der Waals surface area contributed by atoms with Crippen LogP contribution in [0.25, 0.3) is 0 Å². The number of nitriles is 1. The Morgan fingerprint density at radius 2 is 2.00 bits per heavy atom. The average Bonchev–Trinajstić information content (AvgIpc) is 2.53. The van der Waals surface area contributed by atoms with Crippen molar-refractivity contribution in [1.82, 2.24) is 0 Å². The van der Waals surface area contributed by atoms with E-state index in [9.17, 15) is 4.79 Å². The number of nitrogens with zero attached hydrogens (tertiary/aromatic N) is 2. The highest BCUT2D eigenvalue weighted by atomic mass is 16.2. The van der Waals surface area contributed by atoms with Crippen LogP contribution in [0.15, 0.2) is 42.5 Å². The number of rotatable bonds is 3. The monoisotopic (exact) mass is 279 g/mol. The van der Waals surface area contributed by atoms with Gasteiger partial charge in [0, 0.05) is 25.5 Å². The maximum atomic E-state index is 12.6. The number of aryl methyl sites for hydroxylation is 1. The molecular formula is C17H17N3O. The second-order valence-corrected chi connectivity index (χ2v) is 4.83. The lowest BCUT2D eigenvalue weighted by molar-refractivity contribution is 0.0994. The molecule has 4 heteroatoms. The molecule has 2 aromatic rings. The lowest BCUT2D eigenvalue weighted by atomic mass is 10.1. The first kappa shape index (κ1) is 14.6. The van der Waals surface area contributed by atoms with Gasteiger partial charge in [-0.05, 0) is 42.8 Å². The molecule has 0 atom stereocenters. The Morgan fingerprint density at radius 1 is 1.24 bits per heavy atom. The highest BCUT2D eigenvalue weighted by molar-refractivity contribution is 6.09. The minimum Gasteiger partial charge on any atom is -0.387 e. The minimum atomic E-state index is -0.116. The largest absolute Gasteiger partial charge is 0.387 e. The highest BCUT2D eigenvalue weighted by Gasteiger charge is 2.17. The molecule has 106 valence electrons. The van der Waals surface area contributed by atoms with Crippen LogP contribution in [0.3, 0.4) is 0 Å². The average molecular weight is 279 g/mol. The second kappa shape index (κ2) is 6.10. The fourth-order valence-corrected chi connectivity index (χ4v) is 2.13. The molecule has 0 spiro atoms. The zero-order valence-electron chi connectivity index (χ0n) is 12.3. The molecule has 0 saturated carbocycles. The predicted molar refractivity (Wildman–Crippen MR) is 84.6 cm³/mol. The van der Waals surface area contributed by atoms with Crippen LogP contribution in [0, 0.1) is 18.3 Å². The zero-order valence-corrected chi connectivity index (χ0v) is 12.3. The third kappa shape index (κ3) is 3.03. The maximum absolute atomic E-state index is 12.6. The number of hydrogen-bond donors (Lipinski definition) is 1. The fourth-order valence-electron chi connectivity index (χ4n) is 2.13. The van der Waals surface area contributed by atoms with E-state index in [-0.39, 0.29) is 5.91 Å². The molecule has 21 heavy (non-hydrogen) atoms. The number of nitrogens with one attached hydrogen (secondary N) is 1. The Hall–Kier alpha value is -2.80. The van der Waals surface area contributed by atoms with Crippen molar-refractivity contribution < 1.29 is 4.79 Å². The molecule has 0 radical (unpaired) electrons. The van der Waals surface area contributed by atoms with Crippen LogP contribution in [0.4, 0.5) is 11.4 Å². The van der Waals surface area contributed by atoms with Gasteiger partial charge in [-0.15, -0.1) is 0 Å². The van der Waals surface area contributed by atoms with Crippen molar-refractivity contribution in [3.8, 4) is 6.07 Å². The topological polar surface area (TPSA) is 56.1 Å². The van der Waals surface area contributed by atoms with Gasteiger partial charge in [-0.1, -0.05) is 12.1 Å². The Bertz CT molecular complexity index is 716. The number of carbonyl (C=O) groups is 1. The quantitative estimate of drug-likeness (QED) is 0.938. The third-order valence-electron chi connectivity index (χ3n) is 3.34. The SMILES string of the molecule is CNc1cc(C)ccc1C(=O)N(C)c1cccc(C#N)c1. The molecule has 1 N–H and O–H groups in total. The number of hydrogen-bond acceptors (Lipinski definition) is 3. The zero-order chi connectivity index (χ0) is 15.4. The summed E-state index contributed by atoms with van der Waals surface area (Å²) in [4.78, 5) is 14.2. The van der Waals surface area contributed by atoms with Gasteiger partial charge in [-0.3, -0.25) is 4.79 Å². The van der Waals surface area contributed by atoms with Gasteiger partial charge < -0.3 is 10.2 Å². The summed E-state index contributed by atoms with van der Waals surface area (Å²) < 4.78 is 0. The van der Waals surface area contributed by atoms with Crippen LogP contribution in [0.1, 0.15) is 21.5 Å². The number of amides is 1. The van der Waals surface area contributed by atoms with Crippen molar-refractivity contribution in [2.75, 3.05) is 24.3 Å². The van der Waals surface area contributed by atoms with E-state index in [4.69, 9.17) is 5.26 Å². The first-order chi connectivity index (χ1) is 10.1. The van der Waals surface area contributed by atoms with Gasteiger partial charge in [-0.2, -0.15) is 5.26 Å². The summed E-state index contributed by atoms with van der Waals surface area (Å²) in [5, 5.41) is 12.0. The Morgan fingerprint density at radius 3 is 2.67 bits per heavy atom. The van der Waals surface area contributed by atoms with Crippen molar-refractivity contribution in [3.63, 3.8) is 0 Å². The van der Waals surface area contributed by atoms with Crippen LogP contribution in [0.5, 0.6) is 0 Å². The summed E-state index contributed by atoms with van der Waals surface area (Å²) in [6.45, 7) is 1.98. The van der Waals surface area contributed by atoms with Crippen molar-refractivity contribution in [1.29, 1.82) is 5.26 Å². The van der Waals surface area contributed by atoms with E-state index in [1.54, 1.807) is 37.2 Å². The number of benzene rings is 2. The Labute approximate surface area is 124 Å². The van der Waals surface area contributed by atoms with Crippen molar-refractivity contribution in [2.24, 2.45) is 0 Å². The lowest BCUT2D eigenvalue weighted by Gasteiger charge is -2.19. The molecule has 2 rings (SSSR count). The van der Waals surface area contributed by atoms with Gasteiger partial charge in [0.1, 0.15) is 0 Å². The molecule has 0 aromatic heterocycles. The van der Waals surface area contributed by atoms with E-state index >= 15 is 0 Å². The molecular weight excluding hydrogens is 262 g/mol. The Balaban J connectivity index is 2.37. The van der Waals surface area contributed by atoms with E-state index in [0.717, 1.165) is 11.3 Å². The first-order valence-corrected chi connectivity index (χ1v) is 6.63. The van der Waals surface area contributed by atoms with E-state index < -0.39 is 0 Å². The molecule has 4 nitrogen and oxygen atoms in total. The van der Waals surface area contributed by atoms with E-state index in [1.165, 1.54) is 0 Å². The van der Waals surface area contributed by atoms with Gasteiger partial charge in [0.25, 0.3) is 5.91 Å². The summed E-state index contributed by atoms with van der Waals surface area (Å²) in [5.41, 5.74) is 3.72. The molecule has 1 amide bonds. The Kier molecular flexibility index (Phi) is 4.24. The second-order valence-electron chi connectivity index (χ2n) is 4.83. The van der Waals surface area contributed by atoms with Crippen LogP contribution < -0.4 is 10.2 Å². The summed E-state index contributed by atoms with van der Waals surface area (Å²) >= 11 is 0. The van der Waals surface area contributed by atoms with E-state index in [2.05, 4.69) is 11.4 Å². The third-order valence-corrected chi connectivity index (χ3v) is 3.34. The van der Waals surface area contributed by atoms with Crippen LogP contribution in [-0.4, -0.2) is 20.0 Å². The van der Waals surface area contributed by atoms with Crippen molar-refractivity contribution in [3.05, 3.63) is 59.2 Å². The van der Waals surface area contributed by atoms with Gasteiger partial charge >= 0.3 is 0 Å². The summed E-state index contributed by atoms with van der Waals surface area (Å²) in [6, 6.07) is 14.7. The normalized spacial score (nSPS) is 9.81. The predicted octanol–water partition coefficient (Wildman–Crippen LogP) is 3.19. The van der Waals surface area contributed by atoms with Gasteiger partial charge in [0.15, 0.2) is 0 Å². The number of anilines is 2. The van der Waals surface area contributed by atoms with E-state index in [1.807, 2.05) is 31.2 Å². The first-order valence-electron chi connectivity index (χ1n) is 6.63. The summed E-state index contributed by atoms with van der Waals surface area (Å²) in [5.74, 6) is -0.116. The molecule has 2 aromatic carbocycles. The highest BCUT2D eigenvalue weighted by Crippen LogP contribution is 2.22. The van der Waals surface area contributed by atoms with Crippen LogP contribution in [0.2, 0.25) is 0 Å². The lowest BCUT2D eigenvalue weighted by Crippen LogP contribution is -2.27. The molecule has 0 aliphatic rings. The van der Waals surface area contributed by atoms with Crippen molar-refractivity contribution >= 4 is 17.3 Å². The molecule has 0 aliphatic carbocycles. The number of carbonyl (C=O) groups excluding carboxylic acids is 1. The molecule has 0 heterocycles. The van der Waals surface area contributed by atoms with Crippen molar-refractivity contribution in [2.45, 2.75) is 6.92 Å². The smallest absolute Gasteiger partial charge is 0.260 e. The minimum absolute atomic E-state index is 0.116. The van der Waals surface area contributed by atoms with Gasteiger partial charge in [0.2, 0.25) is 0 Å². The standard InChI is InChI=1S/C17H17N3O/c1-12-7-8-15(16(9-12)19-2)17(21)20(3)14-6-4-5-13(10-14)11-18/h4-10,19H,1-3H3. The van der Waals surface area contributed by atoms with Crippen LogP contribution >= 0.6 is 0 Å². The molecule has 0 bridgehead atoms. The maximum Gasteiger partial charge on any atom is 0.260 e. The molecule has 0 saturated heterocycles. The molecule has 0 aliphatic heterocycles. The summed E-state index contributed by atoms with van der Waals surface area (Å²) in [7, 11) is 3.50. The fraction of sp³-hybridized carbons (Fsp3) is 0.176. The van der Waals surface area contributed by atoms with Crippen LogP contribution in [-0.2, 0) is 0 Å². The van der Waals surface area contributed by atoms with Gasteiger partial charge in [0.05, 0.1) is 17.2 Å².